The largest absolute Gasteiger partial charge is 0.508 e. The third-order valence-electron chi connectivity index (χ3n) is 3.84. The highest BCUT2D eigenvalue weighted by molar-refractivity contribution is 5.58. The maximum Gasteiger partial charge on any atom is 0.123 e. The molecule has 0 spiro atoms. The van der Waals surface area contributed by atoms with Gasteiger partial charge in [0, 0.05) is 38.3 Å². The van der Waals surface area contributed by atoms with Gasteiger partial charge >= 0.3 is 0 Å². The van der Waals surface area contributed by atoms with Crippen molar-refractivity contribution >= 4 is 6.34 Å². The predicted molar refractivity (Wildman–Crippen MR) is 79.5 cm³/mol. The number of benzene rings is 1. The minimum absolute atomic E-state index is 0.159. The molecule has 0 atom stereocenters. The number of nitrogens with zero attached hydrogens (tertiary/aromatic N) is 3. The highest BCUT2D eigenvalue weighted by Crippen LogP contribution is 2.20. The van der Waals surface area contributed by atoms with Crippen LogP contribution in [0.15, 0.2) is 35.1 Å². The van der Waals surface area contributed by atoms with E-state index in [1.807, 2.05) is 0 Å². The highest BCUT2D eigenvalue weighted by Gasteiger charge is 2.20. The summed E-state index contributed by atoms with van der Waals surface area (Å²) in [5.41, 5.74) is 0.644. The van der Waals surface area contributed by atoms with Crippen molar-refractivity contribution in [3.05, 3.63) is 41.5 Å². The first kappa shape index (κ1) is 13.9. The summed E-state index contributed by atoms with van der Waals surface area (Å²) in [5.74, 6) is 0.960. The Kier molecular flexibility index (Phi) is 4.06. The van der Waals surface area contributed by atoms with Gasteiger partial charge in [-0.25, -0.2) is 4.39 Å². The number of phenolic OH excluding ortho intramolecular Hbond substituents is 1. The van der Waals surface area contributed by atoms with Gasteiger partial charge in [-0.1, -0.05) is 0 Å². The molecule has 1 aromatic carbocycles. The maximum absolute atomic E-state index is 13.2. The molecule has 1 fully saturated rings. The van der Waals surface area contributed by atoms with Gasteiger partial charge in [0.1, 0.15) is 17.4 Å². The Labute approximate surface area is 123 Å². The molecule has 1 saturated heterocycles. The first-order chi connectivity index (χ1) is 10.2. The second-order valence-corrected chi connectivity index (χ2v) is 5.26. The second kappa shape index (κ2) is 6.13. The number of hydrogen-bond acceptors (Lipinski definition) is 5. The number of halogens is 1. The molecular weight excluding hydrogens is 271 g/mol. The fourth-order valence-corrected chi connectivity index (χ4v) is 2.65. The van der Waals surface area contributed by atoms with E-state index in [-0.39, 0.29) is 11.6 Å². The number of hydrogen-bond donors (Lipinski definition) is 2. The van der Waals surface area contributed by atoms with Crippen LogP contribution in [-0.2, 0) is 6.54 Å². The molecular formula is C15H19FN4O. The van der Waals surface area contributed by atoms with E-state index < -0.39 is 0 Å². The fraction of sp³-hybridized carbons (Fsp3) is 0.400. The number of aliphatic imine (C=N–C) groups is 1. The van der Waals surface area contributed by atoms with Crippen molar-refractivity contribution in [2.24, 2.45) is 4.99 Å². The van der Waals surface area contributed by atoms with E-state index in [1.54, 1.807) is 6.34 Å². The Balaban J connectivity index is 1.56. The molecule has 2 aliphatic rings. The standard InChI is InChI=1S/C15H19FN4O/c16-13-1-2-14(21)12(9-13)10-19-5-7-20(8-6-19)15-3-4-17-11-18-15/h1-3,9,11,21H,4-8,10H2,(H,17,18). The lowest BCUT2D eigenvalue weighted by atomic mass is 10.1. The summed E-state index contributed by atoms with van der Waals surface area (Å²) in [7, 11) is 0. The Bertz CT molecular complexity index is 565. The Morgan fingerprint density at radius 1 is 1.24 bits per heavy atom. The van der Waals surface area contributed by atoms with E-state index >= 15 is 0 Å². The molecule has 2 heterocycles. The molecule has 1 aromatic rings. The monoisotopic (exact) mass is 290 g/mol. The second-order valence-electron chi connectivity index (χ2n) is 5.26. The zero-order valence-electron chi connectivity index (χ0n) is 11.8. The number of phenols is 1. The quantitative estimate of drug-likeness (QED) is 0.876. The Morgan fingerprint density at radius 3 is 2.76 bits per heavy atom. The normalized spacial score (nSPS) is 19.3. The first-order valence-electron chi connectivity index (χ1n) is 7.12. The van der Waals surface area contributed by atoms with Crippen molar-refractivity contribution in [3.63, 3.8) is 0 Å². The van der Waals surface area contributed by atoms with Crippen LogP contribution in [0.3, 0.4) is 0 Å². The van der Waals surface area contributed by atoms with E-state index in [0.29, 0.717) is 12.1 Å². The van der Waals surface area contributed by atoms with Crippen LogP contribution in [0.25, 0.3) is 0 Å². The lowest BCUT2D eigenvalue weighted by molar-refractivity contribution is 0.148. The SMILES string of the molecule is Oc1ccc(F)cc1CN1CCN(C2=CCN=CN2)CC1. The van der Waals surface area contributed by atoms with Gasteiger partial charge in [-0.3, -0.25) is 9.89 Å². The first-order valence-corrected chi connectivity index (χ1v) is 7.12. The molecule has 0 bridgehead atoms. The van der Waals surface area contributed by atoms with Crippen LogP contribution in [0.2, 0.25) is 0 Å². The molecule has 6 heteroatoms. The van der Waals surface area contributed by atoms with Crippen LogP contribution in [0, 0.1) is 5.82 Å². The predicted octanol–water partition coefficient (Wildman–Crippen LogP) is 1.12. The van der Waals surface area contributed by atoms with Gasteiger partial charge in [0.15, 0.2) is 0 Å². The van der Waals surface area contributed by atoms with Gasteiger partial charge < -0.3 is 15.3 Å². The third-order valence-corrected chi connectivity index (χ3v) is 3.84. The lowest BCUT2D eigenvalue weighted by Gasteiger charge is -2.37. The minimum Gasteiger partial charge on any atom is -0.508 e. The molecule has 5 nitrogen and oxygen atoms in total. The van der Waals surface area contributed by atoms with Crippen LogP contribution in [0.4, 0.5) is 4.39 Å². The van der Waals surface area contributed by atoms with Crippen LogP contribution >= 0.6 is 0 Å². The van der Waals surface area contributed by atoms with Gasteiger partial charge in [-0.15, -0.1) is 0 Å². The van der Waals surface area contributed by atoms with Crippen LogP contribution < -0.4 is 5.32 Å². The van der Waals surface area contributed by atoms with Gasteiger partial charge in [-0.2, -0.15) is 0 Å². The molecule has 0 amide bonds. The highest BCUT2D eigenvalue weighted by atomic mass is 19.1. The number of nitrogens with one attached hydrogen (secondary N) is 1. The lowest BCUT2D eigenvalue weighted by Crippen LogP contribution is -2.47. The zero-order valence-corrected chi connectivity index (χ0v) is 11.8. The van der Waals surface area contributed by atoms with Gasteiger partial charge in [-0.05, 0) is 24.3 Å². The van der Waals surface area contributed by atoms with E-state index in [4.69, 9.17) is 0 Å². The van der Waals surface area contributed by atoms with Crippen molar-refractivity contribution in [3.8, 4) is 5.75 Å². The summed E-state index contributed by atoms with van der Waals surface area (Å²) in [6.07, 6.45) is 3.81. The van der Waals surface area contributed by atoms with Crippen molar-refractivity contribution in [2.45, 2.75) is 6.54 Å². The Hall–Kier alpha value is -2.08. The third kappa shape index (κ3) is 3.33. The Morgan fingerprint density at radius 2 is 2.05 bits per heavy atom. The van der Waals surface area contributed by atoms with E-state index in [9.17, 15) is 9.50 Å². The summed E-state index contributed by atoms with van der Waals surface area (Å²) in [4.78, 5) is 8.61. The van der Waals surface area contributed by atoms with E-state index in [2.05, 4.69) is 26.2 Å². The van der Waals surface area contributed by atoms with E-state index in [0.717, 1.165) is 38.5 Å². The number of piperazine rings is 1. The average Bonchev–Trinajstić information content (AvgIpc) is 2.53. The van der Waals surface area contributed by atoms with E-state index in [1.165, 1.54) is 18.2 Å². The van der Waals surface area contributed by atoms with Gasteiger partial charge in [0.25, 0.3) is 0 Å². The average molecular weight is 290 g/mol. The molecule has 0 aliphatic carbocycles. The number of aromatic hydroxyl groups is 1. The molecule has 0 unspecified atom stereocenters. The summed E-state index contributed by atoms with van der Waals surface area (Å²) < 4.78 is 13.2. The molecule has 112 valence electrons. The van der Waals surface area contributed by atoms with Crippen molar-refractivity contribution in [2.75, 3.05) is 32.7 Å². The molecule has 3 rings (SSSR count). The molecule has 21 heavy (non-hydrogen) atoms. The van der Waals surface area contributed by atoms with Gasteiger partial charge in [0.05, 0.1) is 12.9 Å². The maximum atomic E-state index is 13.2. The van der Waals surface area contributed by atoms with Crippen LogP contribution in [-0.4, -0.2) is 54.0 Å². The topological polar surface area (TPSA) is 51.1 Å². The molecule has 2 aliphatic heterocycles. The number of rotatable bonds is 3. The summed E-state index contributed by atoms with van der Waals surface area (Å²) in [5, 5.41) is 12.9. The van der Waals surface area contributed by atoms with Crippen LogP contribution in [0.5, 0.6) is 5.75 Å². The summed E-state index contributed by atoms with van der Waals surface area (Å²) in [6.45, 7) is 4.87. The van der Waals surface area contributed by atoms with Crippen molar-refractivity contribution in [1.82, 2.24) is 15.1 Å². The smallest absolute Gasteiger partial charge is 0.123 e. The minimum atomic E-state index is -0.308. The van der Waals surface area contributed by atoms with Gasteiger partial charge in [0.2, 0.25) is 0 Å². The van der Waals surface area contributed by atoms with Crippen LogP contribution in [0.1, 0.15) is 5.56 Å². The molecule has 0 radical (unpaired) electrons. The van der Waals surface area contributed by atoms with Crippen molar-refractivity contribution in [1.29, 1.82) is 0 Å². The molecule has 0 saturated carbocycles. The zero-order chi connectivity index (χ0) is 14.7. The summed E-state index contributed by atoms with van der Waals surface area (Å²) in [6, 6.07) is 4.10. The fourth-order valence-electron chi connectivity index (χ4n) is 2.65. The molecule has 2 N–H and O–H groups in total. The molecule has 0 aromatic heterocycles. The van der Waals surface area contributed by atoms with Crippen molar-refractivity contribution < 1.29 is 9.50 Å². The summed E-state index contributed by atoms with van der Waals surface area (Å²) >= 11 is 0.